The molecule has 0 aliphatic carbocycles. The number of nitrogens with one attached hydrogen (secondary N) is 1. The molecule has 0 saturated heterocycles. The molecule has 0 aliphatic heterocycles. The Hall–Kier alpha value is -3.03. The molecular weight excluding hydrogens is 325 g/mol. The highest BCUT2D eigenvalue weighted by Gasteiger charge is 2.18. The summed E-state index contributed by atoms with van der Waals surface area (Å²) < 4.78 is 12.9. The third kappa shape index (κ3) is 5.83. The molecule has 0 radical (unpaired) electrons. The first-order valence-corrected chi connectivity index (χ1v) is 7.73. The van der Waals surface area contributed by atoms with Crippen LogP contribution in [-0.2, 0) is 16.0 Å². The van der Waals surface area contributed by atoms with Crippen molar-refractivity contribution in [2.24, 2.45) is 11.7 Å². The van der Waals surface area contributed by atoms with Crippen molar-refractivity contribution in [3.63, 3.8) is 0 Å². The van der Waals surface area contributed by atoms with E-state index in [9.17, 15) is 14.0 Å². The molecule has 0 aliphatic rings. The first kappa shape index (κ1) is 18.3. The van der Waals surface area contributed by atoms with Gasteiger partial charge in [-0.3, -0.25) is 14.6 Å². The number of benzene rings is 1. The lowest BCUT2D eigenvalue weighted by Crippen LogP contribution is -2.41. The zero-order chi connectivity index (χ0) is 18.2. The number of likely N-dealkylation sites (N-methyl/N-ethyl adjacent to an activating group) is 1. The first-order valence-electron chi connectivity index (χ1n) is 7.73. The van der Waals surface area contributed by atoms with Crippen molar-refractivity contribution >= 4 is 17.6 Å². The minimum atomic E-state index is -0.573. The molecule has 2 rings (SSSR count). The number of hydrogen-bond donors (Lipinski definition) is 2. The molecule has 132 valence electrons. The Morgan fingerprint density at radius 1 is 1.28 bits per heavy atom. The maximum Gasteiger partial charge on any atom is 0.239 e. The average molecular weight is 345 g/mol. The molecule has 0 unspecified atom stereocenters. The predicted octanol–water partition coefficient (Wildman–Crippen LogP) is 0.512. The van der Waals surface area contributed by atoms with Gasteiger partial charge in [0.25, 0.3) is 0 Å². The molecule has 0 saturated carbocycles. The normalized spacial score (nSPS) is 11.6. The second kappa shape index (κ2) is 8.72. The number of hydrogen-bond acceptors (Lipinski definition) is 5. The van der Waals surface area contributed by atoms with Crippen molar-refractivity contribution in [2.45, 2.75) is 6.42 Å². The third-order valence-electron chi connectivity index (χ3n) is 3.66. The van der Waals surface area contributed by atoms with Gasteiger partial charge in [0.05, 0.1) is 18.7 Å². The number of anilines is 1. The van der Waals surface area contributed by atoms with Gasteiger partial charge in [-0.15, -0.1) is 0 Å². The Balaban J connectivity index is 1.86. The van der Waals surface area contributed by atoms with Crippen molar-refractivity contribution in [3.05, 3.63) is 54.2 Å². The zero-order valence-corrected chi connectivity index (χ0v) is 13.9. The lowest BCUT2D eigenvalue weighted by Gasteiger charge is -2.19. The van der Waals surface area contributed by atoms with Gasteiger partial charge in [-0.05, 0) is 24.1 Å². The fourth-order valence-corrected chi connectivity index (χ4v) is 2.26. The van der Waals surface area contributed by atoms with E-state index in [1.807, 2.05) is 0 Å². The standard InChI is InChI=1S/C17H20FN5O2/c1-23(15-10-20-6-7-21-15)11-16(24)22-9-13(17(19)25)8-12-2-4-14(18)5-3-12/h2-7,10,13H,8-9,11H2,1H3,(H2,19,25)(H,22,24)/t13-/m1/s1. The molecule has 7 nitrogen and oxygen atoms in total. The SMILES string of the molecule is CN(CC(=O)NC[C@@H](Cc1ccc(F)cc1)C(N)=O)c1cnccn1. The summed E-state index contributed by atoms with van der Waals surface area (Å²) in [6.45, 7) is 0.181. The van der Waals surface area contributed by atoms with Crippen LogP contribution in [0.4, 0.5) is 10.2 Å². The summed E-state index contributed by atoms with van der Waals surface area (Å²) in [5.41, 5.74) is 6.17. The molecule has 2 amide bonds. The number of primary amides is 1. The molecule has 0 spiro atoms. The van der Waals surface area contributed by atoms with Crippen LogP contribution in [0.25, 0.3) is 0 Å². The van der Waals surface area contributed by atoms with Crippen LogP contribution in [-0.4, -0.2) is 41.9 Å². The van der Waals surface area contributed by atoms with E-state index in [0.717, 1.165) is 5.56 Å². The highest BCUT2D eigenvalue weighted by atomic mass is 19.1. The second-order valence-corrected chi connectivity index (χ2v) is 5.65. The molecule has 1 heterocycles. The van der Waals surface area contributed by atoms with Crippen LogP contribution in [0.5, 0.6) is 0 Å². The van der Waals surface area contributed by atoms with Crippen LogP contribution >= 0.6 is 0 Å². The monoisotopic (exact) mass is 345 g/mol. The second-order valence-electron chi connectivity index (χ2n) is 5.65. The number of amides is 2. The van der Waals surface area contributed by atoms with Crippen LogP contribution < -0.4 is 16.0 Å². The summed E-state index contributed by atoms with van der Waals surface area (Å²) in [5, 5.41) is 2.69. The Bertz CT molecular complexity index is 709. The van der Waals surface area contributed by atoms with Crippen molar-refractivity contribution in [3.8, 4) is 0 Å². The Kier molecular flexibility index (Phi) is 6.39. The molecule has 0 fully saturated rings. The topological polar surface area (TPSA) is 101 Å². The highest BCUT2D eigenvalue weighted by molar-refractivity contribution is 5.82. The van der Waals surface area contributed by atoms with Crippen LogP contribution in [0.2, 0.25) is 0 Å². The fraction of sp³-hybridized carbons (Fsp3) is 0.294. The molecule has 25 heavy (non-hydrogen) atoms. The van der Waals surface area contributed by atoms with Gasteiger partial charge in [0, 0.05) is 26.0 Å². The minimum Gasteiger partial charge on any atom is -0.369 e. The number of rotatable bonds is 8. The Labute approximate surface area is 145 Å². The van der Waals surface area contributed by atoms with Crippen molar-refractivity contribution in [1.29, 1.82) is 0 Å². The van der Waals surface area contributed by atoms with Gasteiger partial charge in [0.2, 0.25) is 11.8 Å². The number of aromatic nitrogens is 2. The van der Waals surface area contributed by atoms with E-state index >= 15 is 0 Å². The number of nitrogens with zero attached hydrogens (tertiary/aromatic N) is 3. The van der Waals surface area contributed by atoms with E-state index in [-0.39, 0.29) is 24.8 Å². The molecule has 8 heteroatoms. The van der Waals surface area contributed by atoms with E-state index < -0.39 is 11.8 Å². The highest BCUT2D eigenvalue weighted by Crippen LogP contribution is 2.10. The van der Waals surface area contributed by atoms with Gasteiger partial charge in [0.1, 0.15) is 11.6 Å². The van der Waals surface area contributed by atoms with Crippen molar-refractivity contribution < 1.29 is 14.0 Å². The lowest BCUT2D eigenvalue weighted by molar-refractivity contribution is -0.122. The van der Waals surface area contributed by atoms with Crippen molar-refractivity contribution in [1.82, 2.24) is 15.3 Å². The molecule has 0 bridgehead atoms. The molecule has 2 aromatic rings. The summed E-state index contributed by atoms with van der Waals surface area (Å²) in [6, 6.07) is 5.83. The van der Waals surface area contributed by atoms with Crippen LogP contribution in [0.15, 0.2) is 42.9 Å². The maximum absolute atomic E-state index is 12.9. The van der Waals surface area contributed by atoms with Crippen LogP contribution in [0.3, 0.4) is 0 Å². The van der Waals surface area contributed by atoms with E-state index in [0.29, 0.717) is 12.2 Å². The lowest BCUT2D eigenvalue weighted by atomic mass is 9.98. The number of nitrogens with two attached hydrogens (primary N) is 1. The smallest absolute Gasteiger partial charge is 0.239 e. The van der Waals surface area contributed by atoms with Gasteiger partial charge in [0.15, 0.2) is 0 Å². The Morgan fingerprint density at radius 3 is 2.60 bits per heavy atom. The average Bonchev–Trinajstić information content (AvgIpc) is 2.60. The van der Waals surface area contributed by atoms with Gasteiger partial charge >= 0.3 is 0 Å². The van der Waals surface area contributed by atoms with Crippen LogP contribution in [0, 0.1) is 11.7 Å². The third-order valence-corrected chi connectivity index (χ3v) is 3.66. The summed E-state index contributed by atoms with van der Waals surface area (Å²) >= 11 is 0. The molecular formula is C17H20FN5O2. The number of carbonyl (C=O) groups is 2. The van der Waals surface area contributed by atoms with Gasteiger partial charge < -0.3 is 16.0 Å². The molecule has 1 aromatic heterocycles. The summed E-state index contributed by atoms with van der Waals surface area (Å²) in [7, 11) is 1.72. The predicted molar refractivity (Wildman–Crippen MR) is 91.1 cm³/mol. The molecule has 1 aromatic carbocycles. The summed E-state index contributed by atoms with van der Waals surface area (Å²) in [6.07, 6.45) is 4.96. The molecule has 3 N–H and O–H groups in total. The number of carbonyl (C=O) groups excluding carboxylic acids is 2. The minimum absolute atomic E-state index is 0.0702. The fourth-order valence-electron chi connectivity index (χ4n) is 2.26. The van der Waals surface area contributed by atoms with Crippen LogP contribution in [0.1, 0.15) is 5.56 Å². The zero-order valence-electron chi connectivity index (χ0n) is 13.9. The van der Waals surface area contributed by atoms with Gasteiger partial charge in [-0.25, -0.2) is 9.37 Å². The Morgan fingerprint density at radius 2 is 2.00 bits per heavy atom. The van der Waals surface area contributed by atoms with E-state index in [1.165, 1.54) is 18.3 Å². The van der Waals surface area contributed by atoms with Crippen molar-refractivity contribution in [2.75, 3.05) is 25.0 Å². The van der Waals surface area contributed by atoms with E-state index in [4.69, 9.17) is 5.73 Å². The van der Waals surface area contributed by atoms with E-state index in [2.05, 4.69) is 15.3 Å². The maximum atomic E-state index is 12.9. The quantitative estimate of drug-likeness (QED) is 0.726. The summed E-state index contributed by atoms with van der Waals surface area (Å²) in [4.78, 5) is 33.3. The molecule has 1 atom stereocenters. The largest absolute Gasteiger partial charge is 0.369 e. The van der Waals surface area contributed by atoms with Gasteiger partial charge in [-0.2, -0.15) is 0 Å². The summed E-state index contributed by atoms with van der Waals surface area (Å²) in [5.74, 6) is -1.14. The van der Waals surface area contributed by atoms with E-state index in [1.54, 1.807) is 36.5 Å². The first-order chi connectivity index (χ1) is 12.0. The number of halogens is 1. The van der Waals surface area contributed by atoms with Gasteiger partial charge in [-0.1, -0.05) is 12.1 Å².